The molecule has 1 N–H and O–H groups in total. The highest BCUT2D eigenvalue weighted by Crippen LogP contribution is 2.33. The number of benzene rings is 2. The van der Waals surface area contributed by atoms with Crippen molar-refractivity contribution in [3.8, 4) is 17.6 Å². The standard InChI is InChI=1S/C19H16F2N2O3/c1-25-16-9-5-8-14(17(16)26-19(20)21)10-15(11-22)18(24)23-12-13-6-3-2-4-7-13/h2-10,19H,12H2,1H3,(H,23,24)/b15-10+. The number of ether oxygens (including phenoxy) is 2. The minimum Gasteiger partial charge on any atom is -0.493 e. The van der Waals surface area contributed by atoms with Crippen LogP contribution in [-0.4, -0.2) is 19.6 Å². The van der Waals surface area contributed by atoms with Gasteiger partial charge < -0.3 is 14.8 Å². The van der Waals surface area contributed by atoms with Gasteiger partial charge in [-0.2, -0.15) is 14.0 Å². The molecular weight excluding hydrogens is 342 g/mol. The second kappa shape index (κ2) is 9.18. The van der Waals surface area contributed by atoms with Crippen molar-refractivity contribution >= 4 is 12.0 Å². The number of alkyl halides is 2. The molecular formula is C19H16F2N2O3. The number of para-hydroxylation sites is 1. The summed E-state index contributed by atoms with van der Waals surface area (Å²) in [6.45, 7) is -2.84. The third-order valence-electron chi connectivity index (χ3n) is 3.40. The molecule has 0 saturated carbocycles. The molecule has 1 amide bonds. The monoisotopic (exact) mass is 358 g/mol. The van der Waals surface area contributed by atoms with Gasteiger partial charge >= 0.3 is 6.61 Å². The fourth-order valence-corrected chi connectivity index (χ4v) is 2.20. The van der Waals surface area contributed by atoms with Crippen molar-refractivity contribution < 1.29 is 23.0 Å². The Morgan fingerprint density at radius 3 is 2.58 bits per heavy atom. The van der Waals surface area contributed by atoms with Gasteiger partial charge in [-0.15, -0.1) is 0 Å². The number of carbonyl (C=O) groups excluding carboxylic acids is 1. The van der Waals surface area contributed by atoms with E-state index in [1.165, 1.54) is 25.3 Å². The number of amides is 1. The topological polar surface area (TPSA) is 71.3 Å². The number of hydrogen-bond donors (Lipinski definition) is 1. The summed E-state index contributed by atoms with van der Waals surface area (Å²) in [5.41, 5.74) is 0.755. The Morgan fingerprint density at radius 2 is 1.96 bits per heavy atom. The van der Waals surface area contributed by atoms with Crippen LogP contribution in [0.25, 0.3) is 6.08 Å². The molecule has 0 aromatic heterocycles. The fourth-order valence-electron chi connectivity index (χ4n) is 2.20. The van der Waals surface area contributed by atoms with Gasteiger partial charge in [0.25, 0.3) is 5.91 Å². The fraction of sp³-hybridized carbons (Fsp3) is 0.158. The molecule has 0 saturated heterocycles. The Hall–Kier alpha value is -3.40. The lowest BCUT2D eigenvalue weighted by Crippen LogP contribution is -2.23. The summed E-state index contributed by atoms with van der Waals surface area (Å²) in [5, 5.41) is 11.9. The molecule has 134 valence electrons. The Bertz CT molecular complexity index is 830. The Kier molecular flexibility index (Phi) is 6.68. The number of carbonyl (C=O) groups is 1. The summed E-state index contributed by atoms with van der Waals surface area (Å²) >= 11 is 0. The second-order valence-electron chi connectivity index (χ2n) is 5.10. The second-order valence-corrected chi connectivity index (χ2v) is 5.10. The highest BCUT2D eigenvalue weighted by atomic mass is 19.3. The van der Waals surface area contributed by atoms with Crippen LogP contribution in [0.2, 0.25) is 0 Å². The number of nitriles is 1. The molecule has 5 nitrogen and oxygen atoms in total. The van der Waals surface area contributed by atoms with Crippen molar-refractivity contribution in [3.63, 3.8) is 0 Å². The molecule has 0 aliphatic carbocycles. The molecule has 0 heterocycles. The number of nitrogens with one attached hydrogen (secondary N) is 1. The molecule has 2 aromatic carbocycles. The van der Waals surface area contributed by atoms with Crippen LogP contribution in [0, 0.1) is 11.3 Å². The zero-order valence-electron chi connectivity index (χ0n) is 13.9. The zero-order valence-corrected chi connectivity index (χ0v) is 13.9. The van der Waals surface area contributed by atoms with E-state index in [1.54, 1.807) is 12.1 Å². The third kappa shape index (κ3) is 5.05. The minimum absolute atomic E-state index is 0.0704. The van der Waals surface area contributed by atoms with Gasteiger partial charge in [0.2, 0.25) is 0 Å². The first-order chi connectivity index (χ1) is 12.5. The van der Waals surface area contributed by atoms with E-state index in [-0.39, 0.29) is 29.2 Å². The minimum atomic E-state index is -3.07. The summed E-state index contributed by atoms with van der Waals surface area (Å²) in [4.78, 5) is 12.2. The smallest absolute Gasteiger partial charge is 0.387 e. The molecule has 26 heavy (non-hydrogen) atoms. The molecule has 0 atom stereocenters. The Balaban J connectivity index is 2.25. The number of halogens is 2. The lowest BCUT2D eigenvalue weighted by Gasteiger charge is -2.12. The average Bonchev–Trinajstić information content (AvgIpc) is 2.65. The van der Waals surface area contributed by atoms with Crippen molar-refractivity contribution in [2.24, 2.45) is 0 Å². The van der Waals surface area contributed by atoms with Gasteiger partial charge in [-0.05, 0) is 17.7 Å². The Morgan fingerprint density at radius 1 is 1.23 bits per heavy atom. The van der Waals surface area contributed by atoms with Gasteiger partial charge in [-0.3, -0.25) is 4.79 Å². The first kappa shape index (κ1) is 18.9. The van der Waals surface area contributed by atoms with Crippen molar-refractivity contribution in [3.05, 3.63) is 65.2 Å². The van der Waals surface area contributed by atoms with E-state index in [2.05, 4.69) is 10.1 Å². The molecule has 0 radical (unpaired) electrons. The predicted molar refractivity (Wildman–Crippen MR) is 91.5 cm³/mol. The summed E-state index contributed by atoms with van der Waals surface area (Å²) < 4.78 is 34.8. The number of methoxy groups -OCH3 is 1. The average molecular weight is 358 g/mol. The van der Waals surface area contributed by atoms with Gasteiger partial charge in [0.15, 0.2) is 11.5 Å². The summed E-state index contributed by atoms with van der Waals surface area (Å²) in [6, 6.07) is 15.3. The highest BCUT2D eigenvalue weighted by molar-refractivity contribution is 6.02. The molecule has 2 rings (SSSR count). The van der Waals surface area contributed by atoms with Crippen LogP contribution in [0.3, 0.4) is 0 Å². The summed E-state index contributed by atoms with van der Waals surface area (Å²) in [5.74, 6) is -0.795. The van der Waals surface area contributed by atoms with Gasteiger partial charge in [0.05, 0.1) is 7.11 Å². The van der Waals surface area contributed by atoms with Crippen LogP contribution in [0.15, 0.2) is 54.1 Å². The number of nitrogens with zero attached hydrogens (tertiary/aromatic N) is 1. The largest absolute Gasteiger partial charge is 0.493 e. The third-order valence-corrected chi connectivity index (χ3v) is 3.40. The van der Waals surface area contributed by atoms with Crippen LogP contribution in [-0.2, 0) is 11.3 Å². The van der Waals surface area contributed by atoms with Crippen molar-refractivity contribution in [1.29, 1.82) is 5.26 Å². The van der Waals surface area contributed by atoms with Gasteiger partial charge in [-0.25, -0.2) is 0 Å². The number of rotatable bonds is 7. The first-order valence-electron chi connectivity index (χ1n) is 7.61. The molecule has 0 aliphatic heterocycles. The number of hydrogen-bond acceptors (Lipinski definition) is 4. The quantitative estimate of drug-likeness (QED) is 0.607. The van der Waals surface area contributed by atoms with Gasteiger partial charge in [0, 0.05) is 12.1 Å². The lowest BCUT2D eigenvalue weighted by molar-refractivity contribution is -0.117. The van der Waals surface area contributed by atoms with E-state index in [9.17, 15) is 18.8 Å². The molecule has 7 heteroatoms. The van der Waals surface area contributed by atoms with Crippen molar-refractivity contribution in [2.75, 3.05) is 7.11 Å². The van der Waals surface area contributed by atoms with E-state index in [4.69, 9.17) is 4.74 Å². The zero-order chi connectivity index (χ0) is 18.9. The first-order valence-corrected chi connectivity index (χ1v) is 7.61. The lowest BCUT2D eigenvalue weighted by atomic mass is 10.1. The highest BCUT2D eigenvalue weighted by Gasteiger charge is 2.16. The van der Waals surface area contributed by atoms with E-state index < -0.39 is 12.5 Å². The summed E-state index contributed by atoms with van der Waals surface area (Å²) in [7, 11) is 1.30. The van der Waals surface area contributed by atoms with E-state index >= 15 is 0 Å². The van der Waals surface area contributed by atoms with E-state index in [0.29, 0.717) is 0 Å². The molecule has 0 fully saturated rings. The van der Waals surface area contributed by atoms with Crippen LogP contribution in [0.4, 0.5) is 8.78 Å². The van der Waals surface area contributed by atoms with E-state index in [0.717, 1.165) is 5.56 Å². The molecule has 2 aromatic rings. The van der Waals surface area contributed by atoms with Crippen molar-refractivity contribution in [1.82, 2.24) is 5.32 Å². The molecule has 0 aliphatic rings. The predicted octanol–water partition coefficient (Wildman–Crippen LogP) is 3.52. The van der Waals surface area contributed by atoms with Crippen LogP contribution < -0.4 is 14.8 Å². The maximum atomic E-state index is 12.7. The molecule has 0 unspecified atom stereocenters. The summed E-state index contributed by atoms with van der Waals surface area (Å²) in [6.07, 6.45) is 1.18. The molecule has 0 spiro atoms. The van der Waals surface area contributed by atoms with Gasteiger partial charge in [-0.1, -0.05) is 42.5 Å². The van der Waals surface area contributed by atoms with E-state index in [1.807, 2.05) is 30.3 Å². The van der Waals surface area contributed by atoms with Crippen LogP contribution in [0.5, 0.6) is 11.5 Å². The van der Waals surface area contributed by atoms with Crippen LogP contribution >= 0.6 is 0 Å². The maximum absolute atomic E-state index is 12.7. The SMILES string of the molecule is COc1cccc(/C=C(\C#N)C(=O)NCc2ccccc2)c1OC(F)F. The maximum Gasteiger partial charge on any atom is 0.387 e. The van der Waals surface area contributed by atoms with Gasteiger partial charge in [0.1, 0.15) is 11.6 Å². The molecule has 0 bridgehead atoms. The Labute approximate surface area is 149 Å². The van der Waals surface area contributed by atoms with Crippen LogP contribution in [0.1, 0.15) is 11.1 Å². The van der Waals surface area contributed by atoms with Crippen molar-refractivity contribution in [2.45, 2.75) is 13.2 Å². The normalized spacial score (nSPS) is 11.0.